The van der Waals surface area contributed by atoms with E-state index in [0.717, 1.165) is 23.4 Å². The minimum atomic E-state index is -0.195. The maximum Gasteiger partial charge on any atom is 0.266 e. The molecular weight excluding hydrogens is 412 g/mol. The van der Waals surface area contributed by atoms with Gasteiger partial charge in [0.25, 0.3) is 5.56 Å². The number of amides is 1. The number of hydrogen-bond acceptors (Lipinski definition) is 3. The highest BCUT2D eigenvalue weighted by Gasteiger charge is 2.42. The zero-order valence-electron chi connectivity index (χ0n) is 18.8. The van der Waals surface area contributed by atoms with E-state index in [1.807, 2.05) is 13.8 Å². The van der Waals surface area contributed by atoms with E-state index in [1.54, 1.807) is 4.52 Å². The summed E-state index contributed by atoms with van der Waals surface area (Å²) in [5.41, 5.74) is 8.55. The van der Waals surface area contributed by atoms with Crippen LogP contribution in [0.1, 0.15) is 57.5 Å². The second-order valence-corrected chi connectivity index (χ2v) is 9.34. The predicted molar refractivity (Wildman–Crippen MR) is 127 cm³/mol. The Morgan fingerprint density at radius 2 is 1.70 bits per heavy atom. The molecule has 2 heterocycles. The third-order valence-electron chi connectivity index (χ3n) is 7.52. The highest BCUT2D eigenvalue weighted by atomic mass is 16.1. The number of nitrogens with zero attached hydrogens (tertiary/aromatic N) is 2. The van der Waals surface area contributed by atoms with Gasteiger partial charge in [-0.25, -0.2) is 9.50 Å². The zero-order valence-corrected chi connectivity index (χ0v) is 18.8. The normalized spacial score (nSPS) is 20.5. The molecule has 33 heavy (non-hydrogen) atoms. The van der Waals surface area contributed by atoms with Crippen molar-refractivity contribution in [2.45, 2.75) is 38.5 Å². The Balaban J connectivity index is 1.23. The molecule has 7 rings (SSSR count). The molecular formula is C27H26N4O2. The number of aromatic amines is 1. The third kappa shape index (κ3) is 3.12. The van der Waals surface area contributed by atoms with Crippen LogP contribution in [0, 0.1) is 19.8 Å². The summed E-state index contributed by atoms with van der Waals surface area (Å²) < 4.78 is 1.66. The third-order valence-corrected chi connectivity index (χ3v) is 7.52. The standard InChI is InChI=1S/C27H26N4O2/c1-15-22(16(2)31-24(29-15)13-26(33)30-31)12-25(32)28-14-17-11-23-18-7-3-5-9-20(18)27(17)21-10-6-4-8-19(21)23/h3-10,13,17,23,27H,11-12,14H2,1-2H3,(H,28,32)(H,30,33). The van der Waals surface area contributed by atoms with Crippen LogP contribution in [0.15, 0.2) is 59.4 Å². The zero-order chi connectivity index (χ0) is 22.7. The molecule has 0 fully saturated rings. The van der Waals surface area contributed by atoms with Gasteiger partial charge in [0.1, 0.15) is 0 Å². The summed E-state index contributed by atoms with van der Waals surface area (Å²) >= 11 is 0. The lowest BCUT2D eigenvalue weighted by Crippen LogP contribution is -2.39. The van der Waals surface area contributed by atoms with Gasteiger partial charge in [-0.3, -0.25) is 14.7 Å². The molecule has 0 saturated heterocycles. The van der Waals surface area contributed by atoms with Crippen molar-refractivity contribution >= 4 is 11.6 Å². The summed E-state index contributed by atoms with van der Waals surface area (Å²) in [5.74, 6) is 1.06. The van der Waals surface area contributed by atoms with Crippen molar-refractivity contribution in [3.05, 3.63) is 104 Å². The molecule has 0 radical (unpaired) electrons. The minimum Gasteiger partial charge on any atom is -0.356 e. The van der Waals surface area contributed by atoms with E-state index in [0.29, 0.717) is 29.9 Å². The van der Waals surface area contributed by atoms with Crippen LogP contribution in [0.5, 0.6) is 0 Å². The molecule has 6 heteroatoms. The summed E-state index contributed by atoms with van der Waals surface area (Å²) in [7, 11) is 0. The SMILES string of the molecule is Cc1nc2cc(=O)[nH]n2c(C)c1CC(=O)NCC1CC2c3ccccc3C1c1ccccc12. The van der Waals surface area contributed by atoms with Crippen LogP contribution in [-0.2, 0) is 11.2 Å². The molecule has 2 N–H and O–H groups in total. The topological polar surface area (TPSA) is 79.3 Å². The predicted octanol–water partition coefficient (Wildman–Crippen LogP) is 3.60. The number of rotatable bonds is 4. The van der Waals surface area contributed by atoms with Gasteiger partial charge in [0.05, 0.1) is 6.42 Å². The molecule has 2 aromatic heterocycles. The number of carbonyl (C=O) groups excluding carboxylic acids is 1. The Morgan fingerprint density at radius 1 is 1.06 bits per heavy atom. The summed E-state index contributed by atoms with van der Waals surface area (Å²) in [5, 5.41) is 5.96. The number of hydrogen-bond donors (Lipinski definition) is 2. The molecule has 166 valence electrons. The molecule has 6 nitrogen and oxygen atoms in total. The molecule has 2 bridgehead atoms. The van der Waals surface area contributed by atoms with Gasteiger partial charge in [-0.2, -0.15) is 0 Å². The van der Waals surface area contributed by atoms with Crippen molar-refractivity contribution in [1.82, 2.24) is 19.9 Å². The first-order chi connectivity index (χ1) is 16.0. The molecule has 1 atom stereocenters. The van der Waals surface area contributed by atoms with Gasteiger partial charge in [0.15, 0.2) is 5.65 Å². The van der Waals surface area contributed by atoms with Gasteiger partial charge in [-0.1, -0.05) is 48.5 Å². The lowest BCUT2D eigenvalue weighted by Gasteiger charge is -2.45. The van der Waals surface area contributed by atoms with Crippen molar-refractivity contribution in [1.29, 1.82) is 0 Å². The second kappa shape index (κ2) is 7.44. The number of aryl methyl sites for hydroxylation is 2. The molecule has 0 aliphatic heterocycles. The van der Waals surface area contributed by atoms with Gasteiger partial charge in [-0.15, -0.1) is 0 Å². The van der Waals surface area contributed by atoms with Gasteiger partial charge < -0.3 is 5.32 Å². The molecule has 4 aromatic rings. The number of H-pyrrole nitrogens is 1. The maximum absolute atomic E-state index is 13.0. The lowest BCUT2D eigenvalue weighted by molar-refractivity contribution is -0.120. The first-order valence-corrected chi connectivity index (χ1v) is 11.5. The minimum absolute atomic E-state index is 0.0140. The van der Waals surface area contributed by atoms with Crippen LogP contribution in [0.3, 0.4) is 0 Å². The Hall–Kier alpha value is -3.67. The number of nitrogens with one attached hydrogen (secondary N) is 2. The first-order valence-electron chi connectivity index (χ1n) is 11.5. The number of aromatic nitrogens is 3. The highest BCUT2D eigenvalue weighted by molar-refractivity contribution is 5.79. The van der Waals surface area contributed by atoms with E-state index in [-0.39, 0.29) is 17.9 Å². The van der Waals surface area contributed by atoms with Gasteiger partial charge in [0, 0.05) is 41.4 Å². The highest BCUT2D eigenvalue weighted by Crippen LogP contribution is 2.55. The maximum atomic E-state index is 13.0. The fraction of sp³-hybridized carbons (Fsp3) is 0.296. The van der Waals surface area contributed by atoms with E-state index in [9.17, 15) is 9.59 Å². The second-order valence-electron chi connectivity index (χ2n) is 9.34. The van der Waals surface area contributed by atoms with Crippen molar-refractivity contribution in [2.75, 3.05) is 6.54 Å². The van der Waals surface area contributed by atoms with E-state index in [2.05, 4.69) is 63.9 Å². The van der Waals surface area contributed by atoms with Crippen LogP contribution >= 0.6 is 0 Å². The van der Waals surface area contributed by atoms with Gasteiger partial charge in [-0.05, 0) is 48.4 Å². The van der Waals surface area contributed by atoms with Crippen LogP contribution in [0.4, 0.5) is 0 Å². The molecule has 3 aliphatic carbocycles. The van der Waals surface area contributed by atoms with E-state index < -0.39 is 0 Å². The summed E-state index contributed by atoms with van der Waals surface area (Å²) in [4.78, 5) is 29.2. The first kappa shape index (κ1) is 20.0. The average Bonchev–Trinajstić information content (AvgIpc) is 3.20. The van der Waals surface area contributed by atoms with Crippen LogP contribution in [-0.4, -0.2) is 27.0 Å². The van der Waals surface area contributed by atoms with Crippen molar-refractivity contribution in [2.24, 2.45) is 5.92 Å². The Morgan fingerprint density at radius 3 is 2.36 bits per heavy atom. The summed E-state index contributed by atoms with van der Waals surface area (Å²) in [6.07, 6.45) is 1.30. The smallest absolute Gasteiger partial charge is 0.266 e. The molecule has 2 aromatic carbocycles. The van der Waals surface area contributed by atoms with Gasteiger partial charge in [0.2, 0.25) is 5.91 Å². The molecule has 3 aliphatic rings. The lowest BCUT2D eigenvalue weighted by atomic mass is 9.59. The molecule has 0 saturated carbocycles. The number of carbonyl (C=O) groups is 1. The average molecular weight is 439 g/mol. The van der Waals surface area contributed by atoms with E-state index in [4.69, 9.17) is 0 Å². The number of fused-ring (bicyclic) bond motifs is 2. The van der Waals surface area contributed by atoms with Crippen LogP contribution in [0.25, 0.3) is 5.65 Å². The molecule has 1 amide bonds. The summed E-state index contributed by atoms with van der Waals surface area (Å²) in [6, 6.07) is 19.0. The molecule has 1 unspecified atom stereocenters. The monoisotopic (exact) mass is 438 g/mol. The summed E-state index contributed by atoms with van der Waals surface area (Å²) in [6.45, 7) is 4.45. The fourth-order valence-corrected chi connectivity index (χ4v) is 6.04. The Bertz CT molecular complexity index is 1420. The number of benzene rings is 2. The van der Waals surface area contributed by atoms with Crippen LogP contribution < -0.4 is 10.9 Å². The fourth-order valence-electron chi connectivity index (χ4n) is 6.04. The van der Waals surface area contributed by atoms with Crippen molar-refractivity contribution in [3.63, 3.8) is 0 Å². The Kier molecular flexibility index (Phi) is 4.50. The van der Waals surface area contributed by atoms with Crippen LogP contribution in [0.2, 0.25) is 0 Å². The largest absolute Gasteiger partial charge is 0.356 e. The van der Waals surface area contributed by atoms with E-state index in [1.165, 1.54) is 28.3 Å². The Labute approximate surface area is 191 Å². The van der Waals surface area contributed by atoms with E-state index >= 15 is 0 Å². The quantitative estimate of drug-likeness (QED) is 0.511. The van der Waals surface area contributed by atoms with Gasteiger partial charge >= 0.3 is 0 Å². The van der Waals surface area contributed by atoms with Crippen molar-refractivity contribution in [3.8, 4) is 0 Å². The molecule has 0 spiro atoms. The van der Waals surface area contributed by atoms with Crippen molar-refractivity contribution < 1.29 is 4.79 Å².